The summed E-state index contributed by atoms with van der Waals surface area (Å²) in [5.74, 6) is 1.62. The van der Waals surface area contributed by atoms with Gasteiger partial charge in [0.2, 0.25) is 5.91 Å². The lowest BCUT2D eigenvalue weighted by molar-refractivity contribution is -0.137. The Morgan fingerprint density at radius 3 is 1.21 bits per heavy atom. The highest BCUT2D eigenvalue weighted by molar-refractivity contribution is 7.91. The molecule has 0 bridgehead atoms. The number of carbonyl (C=O) groups is 1. The van der Waals surface area contributed by atoms with E-state index in [1.54, 1.807) is 79.4 Å². The number of hydrogen-bond acceptors (Lipinski definition) is 17. The van der Waals surface area contributed by atoms with E-state index in [2.05, 4.69) is 62.2 Å². The third-order valence-corrected chi connectivity index (χ3v) is 29.1. The molecule has 0 fully saturated rings. The van der Waals surface area contributed by atoms with Crippen LogP contribution < -0.4 is 19.5 Å². The molecule has 19 rings (SSSR count). The van der Waals surface area contributed by atoms with Crippen molar-refractivity contribution in [3.8, 4) is 17.2 Å². The predicted octanol–water partition coefficient (Wildman–Crippen LogP) is 14.7. The van der Waals surface area contributed by atoms with Crippen molar-refractivity contribution in [1.29, 1.82) is 0 Å². The molecule has 12 heterocycles. The molecule has 0 aliphatic carbocycles. The van der Waals surface area contributed by atoms with Gasteiger partial charge in [-0.2, -0.15) is 13.2 Å². The molecule has 5 aromatic heterocycles. The molecule has 12 aromatic rings. The highest BCUT2D eigenvalue weighted by Gasteiger charge is 2.35. The van der Waals surface area contributed by atoms with E-state index in [1.165, 1.54) is 84.7 Å². The van der Waals surface area contributed by atoms with Crippen LogP contribution in [-0.2, 0) is 70.3 Å². The molecular weight excluding hydrogens is 1590 g/mol. The minimum atomic E-state index is -4.55. The molecule has 1 N–H and O–H groups in total. The highest BCUT2D eigenvalue weighted by atomic mass is 32.2. The lowest BCUT2D eigenvalue weighted by Crippen LogP contribution is -2.23. The van der Waals surface area contributed by atoms with Crippen molar-refractivity contribution in [2.24, 2.45) is 0 Å². The van der Waals surface area contributed by atoms with Crippen molar-refractivity contribution in [2.45, 2.75) is 77.6 Å². The van der Waals surface area contributed by atoms with E-state index in [1.807, 2.05) is 56.6 Å². The zero-order valence-electron chi connectivity index (χ0n) is 65.4. The van der Waals surface area contributed by atoms with Gasteiger partial charge in [0, 0.05) is 159 Å². The van der Waals surface area contributed by atoms with Crippen LogP contribution in [0.3, 0.4) is 0 Å². The van der Waals surface area contributed by atoms with Crippen LogP contribution in [0.2, 0.25) is 0 Å². The molecule has 0 saturated heterocycles. The number of nitrogens with one attached hydrogen (secondary N) is 1. The maximum atomic E-state index is 14.0. The molecule has 612 valence electrons. The van der Waals surface area contributed by atoms with Gasteiger partial charge in [-0.3, -0.25) is 4.79 Å². The van der Waals surface area contributed by atoms with Crippen molar-refractivity contribution in [3.63, 3.8) is 0 Å². The van der Waals surface area contributed by atoms with Gasteiger partial charge in [0.1, 0.15) is 23.1 Å². The molecule has 7 aliphatic rings. The van der Waals surface area contributed by atoms with E-state index in [-0.39, 0.29) is 37.3 Å². The number of carbonyl (C=O) groups excluding carboxylic acids is 1. The number of halogens is 4. The zero-order chi connectivity index (χ0) is 82.7. The lowest BCUT2D eigenvalue weighted by atomic mass is 9.98. The van der Waals surface area contributed by atoms with E-state index in [0.29, 0.717) is 77.4 Å². The molecule has 0 unspecified atom stereocenters. The van der Waals surface area contributed by atoms with Crippen LogP contribution >= 0.6 is 0 Å². The van der Waals surface area contributed by atoms with E-state index < -0.39 is 51.8 Å². The van der Waals surface area contributed by atoms with Gasteiger partial charge in [-0.05, 0) is 226 Å². The van der Waals surface area contributed by atoms with Gasteiger partial charge < -0.3 is 39.1 Å². The first-order chi connectivity index (χ1) is 56.5. The number of amides is 1. The van der Waals surface area contributed by atoms with Crippen molar-refractivity contribution in [3.05, 3.63) is 257 Å². The largest absolute Gasteiger partial charge is 0.493 e. The molecule has 22 nitrogen and oxygen atoms in total. The number of anilines is 1. The second-order valence-electron chi connectivity index (χ2n) is 30.4. The Balaban J connectivity index is 0.000000118. The average molecular weight is 1680 g/mol. The van der Waals surface area contributed by atoms with E-state index in [9.17, 15) is 56.0 Å². The summed E-state index contributed by atoms with van der Waals surface area (Å²) in [6.45, 7) is 9.79. The van der Waals surface area contributed by atoms with Crippen LogP contribution in [0.25, 0.3) is 66.0 Å². The smallest absolute Gasteiger partial charge is 0.416 e. The fourth-order valence-corrected chi connectivity index (χ4v) is 21.5. The Morgan fingerprint density at radius 1 is 0.407 bits per heavy atom. The third-order valence-electron chi connectivity index (χ3n) is 22.5. The summed E-state index contributed by atoms with van der Waals surface area (Å²) in [6.07, 6.45) is 17.4. The first-order valence-corrected chi connectivity index (χ1v) is 44.5. The summed E-state index contributed by atoms with van der Waals surface area (Å²) >= 11 is 0. The Hall–Kier alpha value is -11.0. The minimum absolute atomic E-state index is 0.0442. The molecule has 0 radical (unpaired) electrons. The van der Waals surface area contributed by atoms with Gasteiger partial charge in [0.15, 0.2) is 5.65 Å². The average Bonchev–Trinajstić information content (AvgIpc) is 1.59. The van der Waals surface area contributed by atoms with Crippen LogP contribution in [0.5, 0.6) is 17.2 Å². The molecule has 0 spiro atoms. The lowest BCUT2D eigenvalue weighted by Gasteiger charge is -2.21. The third kappa shape index (κ3) is 16.1. The molecular formula is C88H86F4N10O12S4. The second-order valence-corrected chi connectivity index (χ2v) is 37.7. The molecule has 1 amide bonds. The van der Waals surface area contributed by atoms with Gasteiger partial charge in [0.05, 0.1) is 61.5 Å². The van der Waals surface area contributed by atoms with Crippen molar-refractivity contribution < 1.29 is 70.2 Å². The number of alkyl halides is 3. The molecule has 118 heavy (non-hydrogen) atoms. The summed E-state index contributed by atoms with van der Waals surface area (Å²) < 4.78 is 184. The maximum absolute atomic E-state index is 14.0. The number of ether oxygens (including phenoxy) is 3. The van der Waals surface area contributed by atoms with Gasteiger partial charge >= 0.3 is 6.18 Å². The van der Waals surface area contributed by atoms with Crippen LogP contribution in [0.15, 0.2) is 227 Å². The summed E-state index contributed by atoms with van der Waals surface area (Å²) in [5, 5.41) is 5.27. The molecule has 7 aromatic carbocycles. The first-order valence-electron chi connectivity index (χ1n) is 38.8. The number of hydrogen-bond donors (Lipinski definition) is 1. The number of nitrogens with zero attached hydrogens (tertiary/aromatic N) is 9. The van der Waals surface area contributed by atoms with Crippen molar-refractivity contribution in [1.82, 2.24) is 40.5 Å². The topological polar surface area (TPSA) is 239 Å². The van der Waals surface area contributed by atoms with E-state index >= 15 is 0 Å². The SMILES string of the molecule is CC(=O)Nc1ccc(S(=O)(=O)n2cc(C3=CCN(C)CC3)c3cc(C(F)(F)F)ccc32)cc1.CN1CC=C(c2cn(S(=O)(=O)c3ccc4c(c3)CCO4)c3ccc(F)cc23)CC1.CN1CC=C(c2cn(S(=O)(=O)c3ccc4c(c3)CCO4)c3ccccc23)CC1.CN1CC=C(c2cn(S(=O)(=O)c3ccc4c(c3)CCO4)c3ncccc23)CC1. The number of rotatable bonds is 13. The molecule has 0 saturated carbocycles. The fraction of sp³-hybridized carbons (Fsp3) is 0.273. The number of pyridine rings is 1. The normalized spacial score (nSPS) is 16.8. The number of likely N-dealkylation sites (N-methyl/N-ethyl adjacent to an activating group) is 4. The van der Waals surface area contributed by atoms with Gasteiger partial charge in [-0.1, -0.05) is 42.5 Å². The van der Waals surface area contributed by atoms with Crippen LogP contribution in [0.1, 0.15) is 77.1 Å². The van der Waals surface area contributed by atoms with Crippen LogP contribution in [0, 0.1) is 5.82 Å². The Morgan fingerprint density at radius 2 is 0.780 bits per heavy atom. The molecule has 7 aliphatic heterocycles. The monoisotopic (exact) mass is 1680 g/mol. The Bertz CT molecular complexity index is 6430. The highest BCUT2D eigenvalue weighted by Crippen LogP contribution is 2.42. The van der Waals surface area contributed by atoms with E-state index in [4.69, 9.17) is 14.2 Å². The van der Waals surface area contributed by atoms with Gasteiger partial charge in [0.25, 0.3) is 40.1 Å². The molecule has 0 atom stereocenters. The predicted molar refractivity (Wildman–Crippen MR) is 449 cm³/mol. The number of fused-ring (bicyclic) bond motifs is 7. The van der Waals surface area contributed by atoms with Crippen LogP contribution in [-0.4, -0.2) is 180 Å². The maximum Gasteiger partial charge on any atom is 0.416 e. The van der Waals surface area contributed by atoms with E-state index in [0.717, 1.165) is 167 Å². The Kier molecular flexibility index (Phi) is 22.2. The fourth-order valence-electron chi connectivity index (χ4n) is 15.9. The Labute approximate surface area is 682 Å². The number of benzene rings is 7. The summed E-state index contributed by atoms with van der Waals surface area (Å²) in [7, 11) is -7.22. The second kappa shape index (κ2) is 32.4. The van der Waals surface area contributed by atoms with Crippen LogP contribution in [0.4, 0.5) is 23.2 Å². The molecule has 30 heteroatoms. The van der Waals surface area contributed by atoms with Gasteiger partial charge in [-0.25, -0.2) is 58.9 Å². The standard InChI is InChI=1S/C23H22F3N3O3S.C22H21FN2O3S.C22H22N2O3S.C21H21N3O3S/c1-15(30)27-18-4-6-19(7-5-18)33(31,32)29-14-21(16-9-11-28(2)12-10-16)20-13-17(23(24,25)26)3-8-22(20)29;1-24-9-6-15(7-10-24)20-14-25(21-4-2-17(23)13-19(20)21)29(26,27)18-3-5-22-16(12-18)8-11-28-22;1-23-11-8-16(9-12-23)20-15-24(21-5-3-2-4-19(20)21)28(25,26)18-6-7-22-17(14-18)10-13-27-22;1-23-10-6-15(7-11-23)19-14-24(21-18(19)3-2-9-22-21)28(25,26)17-4-5-20-16(13-17)8-12-27-20/h3-9,13-14H,10-12H2,1-2H3,(H,27,30);2-6,12-14H,7-11H2,1H3;2-8,14-15H,9-13H2,1H3;2-6,9,13-14H,7-8,10-12H2,1H3. The summed E-state index contributed by atoms with van der Waals surface area (Å²) in [6, 6.07) is 39.7. The summed E-state index contributed by atoms with van der Waals surface area (Å²) in [4.78, 5) is 25.1. The zero-order valence-corrected chi connectivity index (χ0v) is 68.7. The minimum Gasteiger partial charge on any atom is -0.493 e. The van der Waals surface area contributed by atoms with Crippen molar-refractivity contribution >= 4 is 118 Å². The quantitative estimate of drug-likeness (QED) is 0.106. The summed E-state index contributed by atoms with van der Waals surface area (Å²) in [5.41, 5.74) is 11.7. The first kappa shape index (κ1) is 80.8. The van der Waals surface area contributed by atoms with Gasteiger partial charge in [-0.15, -0.1) is 0 Å². The van der Waals surface area contributed by atoms with Crippen molar-refractivity contribution in [2.75, 3.05) is 106 Å². The number of aromatic nitrogens is 5. The number of para-hydroxylation sites is 1.